The Morgan fingerprint density at radius 1 is 1.04 bits per heavy atom. The number of anilines is 3. The van der Waals surface area contributed by atoms with Crippen LogP contribution in [0.2, 0.25) is 5.02 Å². The standard InChI is InChI=1S/C18H11ClFN5O/c19-13-2-1-3-14(20)17(13)18(26)23-16-9-8-15(24-25-16)22-12-6-4-11(10-21)5-7-12/h1-9H,(H,22,24)(H,23,25,26). The van der Waals surface area contributed by atoms with Gasteiger partial charge in [0.05, 0.1) is 22.2 Å². The van der Waals surface area contributed by atoms with E-state index in [0.29, 0.717) is 11.4 Å². The number of hydrogen-bond donors (Lipinski definition) is 2. The van der Waals surface area contributed by atoms with Gasteiger partial charge in [0.2, 0.25) is 0 Å². The van der Waals surface area contributed by atoms with Gasteiger partial charge in [0.1, 0.15) is 5.82 Å². The molecule has 0 saturated heterocycles. The zero-order chi connectivity index (χ0) is 18.5. The molecule has 1 aromatic heterocycles. The van der Waals surface area contributed by atoms with E-state index in [1.807, 2.05) is 6.07 Å². The lowest BCUT2D eigenvalue weighted by Crippen LogP contribution is -2.15. The molecule has 0 saturated carbocycles. The number of amides is 1. The summed E-state index contributed by atoms with van der Waals surface area (Å²) < 4.78 is 13.8. The zero-order valence-electron chi connectivity index (χ0n) is 13.2. The maximum absolute atomic E-state index is 13.8. The molecule has 0 fully saturated rings. The molecule has 0 atom stereocenters. The van der Waals surface area contributed by atoms with Gasteiger partial charge in [0, 0.05) is 5.69 Å². The molecule has 1 heterocycles. The monoisotopic (exact) mass is 367 g/mol. The molecule has 0 aliphatic rings. The van der Waals surface area contributed by atoms with E-state index >= 15 is 0 Å². The highest BCUT2D eigenvalue weighted by Gasteiger charge is 2.16. The fraction of sp³-hybridized carbons (Fsp3) is 0. The number of carbonyl (C=O) groups excluding carboxylic acids is 1. The van der Waals surface area contributed by atoms with Crippen LogP contribution < -0.4 is 10.6 Å². The SMILES string of the molecule is N#Cc1ccc(Nc2ccc(NC(=O)c3c(F)cccc3Cl)nn2)cc1. The molecule has 1 amide bonds. The van der Waals surface area contributed by atoms with Crippen molar-refractivity contribution in [2.45, 2.75) is 0 Å². The third kappa shape index (κ3) is 3.94. The minimum absolute atomic E-state index is 0.00885. The van der Waals surface area contributed by atoms with Crippen LogP contribution in [0.5, 0.6) is 0 Å². The number of nitriles is 1. The number of halogens is 2. The maximum Gasteiger partial charge on any atom is 0.261 e. The summed E-state index contributed by atoms with van der Waals surface area (Å²) in [6.45, 7) is 0. The first-order chi connectivity index (χ1) is 12.6. The van der Waals surface area contributed by atoms with Gasteiger partial charge in [-0.2, -0.15) is 5.26 Å². The van der Waals surface area contributed by atoms with Gasteiger partial charge < -0.3 is 10.6 Å². The van der Waals surface area contributed by atoms with Crippen molar-refractivity contribution in [3.63, 3.8) is 0 Å². The number of benzene rings is 2. The summed E-state index contributed by atoms with van der Waals surface area (Å²) in [5.74, 6) is -0.839. The van der Waals surface area contributed by atoms with Crippen molar-refractivity contribution in [1.82, 2.24) is 10.2 Å². The van der Waals surface area contributed by atoms with Crippen LogP contribution >= 0.6 is 11.6 Å². The van der Waals surface area contributed by atoms with Crippen LogP contribution in [-0.2, 0) is 0 Å². The average Bonchev–Trinajstić information content (AvgIpc) is 2.64. The second-order valence-corrected chi connectivity index (χ2v) is 5.58. The zero-order valence-corrected chi connectivity index (χ0v) is 14.0. The molecule has 0 radical (unpaired) electrons. The topological polar surface area (TPSA) is 90.7 Å². The largest absolute Gasteiger partial charge is 0.339 e. The summed E-state index contributed by atoms with van der Waals surface area (Å²) in [7, 11) is 0. The van der Waals surface area contributed by atoms with E-state index in [2.05, 4.69) is 20.8 Å². The number of aromatic nitrogens is 2. The molecule has 3 rings (SSSR count). The van der Waals surface area contributed by atoms with Gasteiger partial charge in [-0.05, 0) is 48.5 Å². The normalized spacial score (nSPS) is 10.0. The van der Waals surface area contributed by atoms with Crippen LogP contribution in [0.4, 0.5) is 21.7 Å². The third-order valence-electron chi connectivity index (χ3n) is 3.38. The molecule has 0 aliphatic heterocycles. The van der Waals surface area contributed by atoms with Crippen LogP contribution in [0.25, 0.3) is 0 Å². The Hall–Kier alpha value is -3.50. The van der Waals surface area contributed by atoms with E-state index < -0.39 is 11.7 Å². The van der Waals surface area contributed by atoms with Crippen molar-refractivity contribution in [2.75, 3.05) is 10.6 Å². The maximum atomic E-state index is 13.8. The minimum Gasteiger partial charge on any atom is -0.339 e. The fourth-order valence-corrected chi connectivity index (χ4v) is 2.38. The Bertz CT molecular complexity index is 964. The van der Waals surface area contributed by atoms with Crippen LogP contribution in [0, 0.1) is 17.1 Å². The Morgan fingerprint density at radius 3 is 2.35 bits per heavy atom. The number of nitrogens with one attached hydrogen (secondary N) is 2. The molecule has 0 spiro atoms. The van der Waals surface area contributed by atoms with Gasteiger partial charge in [0.25, 0.3) is 5.91 Å². The summed E-state index contributed by atoms with van der Waals surface area (Å²) >= 11 is 5.86. The predicted molar refractivity (Wildman–Crippen MR) is 95.8 cm³/mol. The van der Waals surface area contributed by atoms with Gasteiger partial charge in [-0.1, -0.05) is 17.7 Å². The molecule has 0 aliphatic carbocycles. The first-order valence-electron chi connectivity index (χ1n) is 7.43. The molecule has 128 valence electrons. The second-order valence-electron chi connectivity index (χ2n) is 5.17. The summed E-state index contributed by atoms with van der Waals surface area (Å²) in [6.07, 6.45) is 0. The van der Waals surface area contributed by atoms with E-state index in [4.69, 9.17) is 16.9 Å². The number of carbonyl (C=O) groups is 1. The highest BCUT2D eigenvalue weighted by Crippen LogP contribution is 2.20. The number of hydrogen-bond acceptors (Lipinski definition) is 5. The van der Waals surface area contributed by atoms with Crippen LogP contribution in [0.1, 0.15) is 15.9 Å². The summed E-state index contributed by atoms with van der Waals surface area (Å²) in [5, 5.41) is 22.1. The highest BCUT2D eigenvalue weighted by molar-refractivity contribution is 6.34. The lowest BCUT2D eigenvalue weighted by atomic mass is 10.2. The first-order valence-corrected chi connectivity index (χ1v) is 7.81. The Morgan fingerprint density at radius 2 is 1.73 bits per heavy atom. The quantitative estimate of drug-likeness (QED) is 0.723. The average molecular weight is 368 g/mol. The van der Waals surface area contributed by atoms with Crippen LogP contribution in [-0.4, -0.2) is 16.1 Å². The van der Waals surface area contributed by atoms with E-state index in [9.17, 15) is 9.18 Å². The third-order valence-corrected chi connectivity index (χ3v) is 3.70. The molecule has 26 heavy (non-hydrogen) atoms. The fourth-order valence-electron chi connectivity index (χ4n) is 2.14. The molecule has 0 bridgehead atoms. The summed E-state index contributed by atoms with van der Waals surface area (Å²) in [5.41, 5.74) is 1.02. The van der Waals surface area contributed by atoms with Crippen LogP contribution in [0.3, 0.4) is 0 Å². The summed E-state index contributed by atoms with van der Waals surface area (Å²) in [4.78, 5) is 12.1. The highest BCUT2D eigenvalue weighted by atomic mass is 35.5. The molecule has 8 heteroatoms. The van der Waals surface area contributed by atoms with Gasteiger partial charge in [-0.25, -0.2) is 4.39 Å². The van der Waals surface area contributed by atoms with Gasteiger partial charge in [-0.3, -0.25) is 4.79 Å². The van der Waals surface area contributed by atoms with Crippen molar-refractivity contribution in [2.24, 2.45) is 0 Å². The van der Waals surface area contributed by atoms with Gasteiger partial charge in [0.15, 0.2) is 11.6 Å². The van der Waals surface area contributed by atoms with Crippen molar-refractivity contribution in [1.29, 1.82) is 5.26 Å². The predicted octanol–water partition coefficient (Wildman–Crippen LogP) is 4.14. The van der Waals surface area contributed by atoms with Gasteiger partial charge in [-0.15, -0.1) is 10.2 Å². The molecule has 3 aromatic rings. The van der Waals surface area contributed by atoms with E-state index in [0.717, 1.165) is 11.8 Å². The summed E-state index contributed by atoms with van der Waals surface area (Å²) in [6, 6.07) is 15.9. The molecular weight excluding hydrogens is 357 g/mol. The molecule has 2 aromatic carbocycles. The molecular formula is C18H11ClFN5O. The molecule has 0 unspecified atom stereocenters. The minimum atomic E-state index is -0.720. The van der Waals surface area contributed by atoms with Gasteiger partial charge >= 0.3 is 0 Å². The van der Waals surface area contributed by atoms with Crippen molar-refractivity contribution >= 4 is 34.8 Å². The number of nitrogens with zero attached hydrogens (tertiary/aromatic N) is 3. The van der Waals surface area contributed by atoms with E-state index in [1.54, 1.807) is 30.3 Å². The smallest absolute Gasteiger partial charge is 0.261 e. The lowest BCUT2D eigenvalue weighted by Gasteiger charge is -2.08. The Balaban J connectivity index is 1.69. The van der Waals surface area contributed by atoms with E-state index in [1.165, 1.54) is 18.2 Å². The van der Waals surface area contributed by atoms with Crippen molar-refractivity contribution < 1.29 is 9.18 Å². The lowest BCUT2D eigenvalue weighted by molar-refractivity contribution is 0.102. The van der Waals surface area contributed by atoms with Crippen molar-refractivity contribution in [3.05, 3.63) is 76.6 Å². The molecule has 2 N–H and O–H groups in total. The number of rotatable bonds is 4. The van der Waals surface area contributed by atoms with Crippen LogP contribution in [0.15, 0.2) is 54.6 Å². The van der Waals surface area contributed by atoms with Crippen molar-refractivity contribution in [3.8, 4) is 6.07 Å². The Kier molecular flexibility index (Phi) is 5.06. The Labute approximate surface area is 153 Å². The van der Waals surface area contributed by atoms with E-state index in [-0.39, 0.29) is 16.4 Å². The first kappa shape index (κ1) is 17.3. The second kappa shape index (κ2) is 7.59. The molecule has 6 nitrogen and oxygen atoms in total.